The average molecular weight is 339 g/mol. The van der Waals surface area contributed by atoms with E-state index < -0.39 is 0 Å². The molecule has 0 N–H and O–H groups in total. The van der Waals surface area contributed by atoms with Crippen LogP contribution in [0.1, 0.15) is 15.8 Å². The number of ether oxygens (including phenoxy) is 1. The van der Waals surface area contributed by atoms with Crippen LogP contribution in [0.4, 0.5) is 0 Å². The van der Waals surface area contributed by atoms with Gasteiger partial charge in [-0.15, -0.1) is 11.3 Å². The second-order valence-electron chi connectivity index (χ2n) is 5.03. The molecule has 7 heteroatoms. The average Bonchev–Trinajstić information content (AvgIpc) is 3.30. The van der Waals surface area contributed by atoms with E-state index in [1.807, 2.05) is 37.3 Å². The molecule has 0 fully saturated rings. The number of benzene rings is 1. The molecule has 0 unspecified atom stereocenters. The minimum absolute atomic E-state index is 0.350. The van der Waals surface area contributed by atoms with E-state index in [2.05, 4.69) is 15.1 Å². The van der Waals surface area contributed by atoms with Crippen LogP contribution in [0.25, 0.3) is 34.7 Å². The normalized spacial score (nSPS) is 11.6. The van der Waals surface area contributed by atoms with Crippen molar-refractivity contribution in [2.75, 3.05) is 7.11 Å². The fourth-order valence-electron chi connectivity index (χ4n) is 2.38. The predicted octanol–water partition coefficient (Wildman–Crippen LogP) is 4.43. The van der Waals surface area contributed by atoms with Gasteiger partial charge in [-0.25, -0.2) is 4.98 Å². The molecule has 0 bridgehead atoms. The fraction of sp³-hybridized carbons (Fsp3) is 0.118. The Bertz CT molecular complexity index is 1030. The highest BCUT2D eigenvalue weighted by molar-refractivity contribution is 7.12. The maximum Gasteiger partial charge on any atom is 0.251 e. The van der Waals surface area contributed by atoms with Crippen LogP contribution in [0.3, 0.4) is 0 Å². The van der Waals surface area contributed by atoms with E-state index in [4.69, 9.17) is 13.7 Å². The van der Waals surface area contributed by atoms with Gasteiger partial charge in [0.25, 0.3) is 5.89 Å². The smallest absolute Gasteiger partial charge is 0.251 e. The lowest BCUT2D eigenvalue weighted by atomic mass is 10.2. The highest BCUT2D eigenvalue weighted by atomic mass is 32.1. The van der Waals surface area contributed by atoms with Crippen molar-refractivity contribution in [2.24, 2.45) is 0 Å². The summed E-state index contributed by atoms with van der Waals surface area (Å²) in [4.78, 5) is 9.57. The number of rotatable bonds is 4. The zero-order valence-electron chi connectivity index (χ0n) is 13.0. The molecule has 3 heterocycles. The van der Waals surface area contributed by atoms with E-state index in [0.29, 0.717) is 28.8 Å². The third kappa shape index (κ3) is 2.59. The predicted molar refractivity (Wildman–Crippen MR) is 91.8 cm³/mol. The maximum atomic E-state index is 5.81. The number of furan rings is 1. The molecule has 4 rings (SSSR count). The van der Waals surface area contributed by atoms with Gasteiger partial charge in [0.1, 0.15) is 5.58 Å². The van der Waals surface area contributed by atoms with E-state index >= 15 is 0 Å². The number of fused-ring (bicyclic) bond motifs is 1. The number of thiazole rings is 1. The highest BCUT2D eigenvalue weighted by Crippen LogP contribution is 2.38. The van der Waals surface area contributed by atoms with Crippen molar-refractivity contribution in [1.29, 1.82) is 0 Å². The number of aromatic nitrogens is 3. The van der Waals surface area contributed by atoms with Crippen LogP contribution >= 0.6 is 11.3 Å². The molecule has 120 valence electrons. The SMILES string of the molecule is COc1c(-c2noc(/C=C/c3cnc(C)s3)n2)oc2ccccc12. The molecule has 3 aromatic heterocycles. The molecular formula is C17H13N3O3S. The first-order valence-corrected chi connectivity index (χ1v) is 8.06. The second-order valence-corrected chi connectivity index (χ2v) is 6.30. The van der Waals surface area contributed by atoms with Crippen molar-refractivity contribution in [2.45, 2.75) is 6.92 Å². The summed E-state index contributed by atoms with van der Waals surface area (Å²) in [6.45, 7) is 1.96. The summed E-state index contributed by atoms with van der Waals surface area (Å²) in [6.07, 6.45) is 5.44. The minimum atomic E-state index is 0.350. The molecule has 0 aliphatic heterocycles. The Balaban J connectivity index is 1.69. The zero-order chi connectivity index (χ0) is 16.5. The van der Waals surface area contributed by atoms with Crippen molar-refractivity contribution < 1.29 is 13.7 Å². The Hall–Kier alpha value is -2.93. The lowest BCUT2D eigenvalue weighted by Gasteiger charge is -1.96. The Morgan fingerprint density at radius 3 is 2.88 bits per heavy atom. The van der Waals surface area contributed by atoms with Gasteiger partial charge in [-0.1, -0.05) is 17.3 Å². The van der Waals surface area contributed by atoms with E-state index in [0.717, 1.165) is 15.3 Å². The monoisotopic (exact) mass is 339 g/mol. The Morgan fingerprint density at radius 2 is 2.08 bits per heavy atom. The van der Waals surface area contributed by atoms with Crippen molar-refractivity contribution in [3.8, 4) is 17.3 Å². The second kappa shape index (κ2) is 5.93. The quantitative estimate of drug-likeness (QED) is 0.548. The Labute approximate surface area is 141 Å². The summed E-state index contributed by atoms with van der Waals surface area (Å²) in [5, 5.41) is 5.86. The topological polar surface area (TPSA) is 74.2 Å². The molecule has 4 aromatic rings. The summed E-state index contributed by atoms with van der Waals surface area (Å²) in [7, 11) is 1.59. The number of hydrogen-bond donors (Lipinski definition) is 0. The highest BCUT2D eigenvalue weighted by Gasteiger charge is 2.20. The van der Waals surface area contributed by atoms with Crippen LogP contribution in [0.15, 0.2) is 39.4 Å². The van der Waals surface area contributed by atoms with Crippen LogP contribution in [-0.2, 0) is 0 Å². The van der Waals surface area contributed by atoms with Gasteiger partial charge in [0, 0.05) is 17.2 Å². The zero-order valence-corrected chi connectivity index (χ0v) is 13.8. The van der Waals surface area contributed by atoms with Gasteiger partial charge in [-0.05, 0) is 25.1 Å². The fourth-order valence-corrected chi connectivity index (χ4v) is 3.06. The molecule has 0 aliphatic rings. The van der Waals surface area contributed by atoms with Crippen LogP contribution in [0.2, 0.25) is 0 Å². The van der Waals surface area contributed by atoms with Gasteiger partial charge in [-0.3, -0.25) is 0 Å². The molecule has 0 atom stereocenters. The molecule has 1 aromatic carbocycles. The number of aryl methyl sites for hydroxylation is 1. The first kappa shape index (κ1) is 14.6. The summed E-state index contributed by atoms with van der Waals surface area (Å²) in [5.41, 5.74) is 0.714. The number of methoxy groups -OCH3 is 1. The third-order valence-electron chi connectivity index (χ3n) is 3.43. The van der Waals surface area contributed by atoms with Crippen molar-refractivity contribution in [1.82, 2.24) is 15.1 Å². The summed E-state index contributed by atoms with van der Waals surface area (Å²) in [5.74, 6) is 1.79. The van der Waals surface area contributed by atoms with E-state index in [1.165, 1.54) is 0 Å². The number of hydrogen-bond acceptors (Lipinski definition) is 7. The van der Waals surface area contributed by atoms with Crippen LogP contribution in [-0.4, -0.2) is 22.2 Å². The van der Waals surface area contributed by atoms with Gasteiger partial charge in [0.15, 0.2) is 5.75 Å². The molecule has 0 aliphatic carbocycles. The number of para-hydroxylation sites is 1. The molecule has 0 saturated heterocycles. The molecule has 0 amide bonds. The largest absolute Gasteiger partial charge is 0.492 e. The van der Waals surface area contributed by atoms with E-state index in [-0.39, 0.29) is 0 Å². The molecule has 0 spiro atoms. The first-order valence-electron chi connectivity index (χ1n) is 7.24. The van der Waals surface area contributed by atoms with Crippen LogP contribution < -0.4 is 4.74 Å². The van der Waals surface area contributed by atoms with Crippen molar-refractivity contribution in [3.05, 3.63) is 46.2 Å². The molecule has 0 saturated carbocycles. The maximum absolute atomic E-state index is 5.81. The Kier molecular flexibility index (Phi) is 3.62. The van der Waals surface area contributed by atoms with Crippen LogP contribution in [0, 0.1) is 6.92 Å². The minimum Gasteiger partial charge on any atom is -0.492 e. The lowest BCUT2D eigenvalue weighted by Crippen LogP contribution is -1.85. The molecule has 0 radical (unpaired) electrons. The van der Waals surface area contributed by atoms with Gasteiger partial charge < -0.3 is 13.7 Å². The summed E-state index contributed by atoms with van der Waals surface area (Å²) < 4.78 is 16.5. The molecular weight excluding hydrogens is 326 g/mol. The summed E-state index contributed by atoms with van der Waals surface area (Å²) >= 11 is 1.59. The molecule has 24 heavy (non-hydrogen) atoms. The Morgan fingerprint density at radius 1 is 1.21 bits per heavy atom. The van der Waals surface area contributed by atoms with Crippen molar-refractivity contribution >= 4 is 34.5 Å². The van der Waals surface area contributed by atoms with Gasteiger partial charge in [0.2, 0.25) is 11.6 Å². The van der Waals surface area contributed by atoms with Crippen molar-refractivity contribution in [3.63, 3.8) is 0 Å². The molecule has 6 nitrogen and oxygen atoms in total. The summed E-state index contributed by atoms with van der Waals surface area (Å²) in [6, 6.07) is 7.62. The van der Waals surface area contributed by atoms with Gasteiger partial charge >= 0.3 is 0 Å². The van der Waals surface area contributed by atoms with E-state index in [1.54, 1.807) is 30.7 Å². The van der Waals surface area contributed by atoms with E-state index in [9.17, 15) is 0 Å². The van der Waals surface area contributed by atoms with Gasteiger partial charge in [0.05, 0.1) is 17.5 Å². The standard InChI is InChI=1S/C17H13N3O3S/c1-10-18-9-11(24-10)7-8-14-19-17(20-23-14)16-15(21-2)12-5-3-4-6-13(12)22-16/h3-9H,1-2H3/b8-7+. The third-order valence-corrected chi connectivity index (χ3v) is 4.31. The number of nitrogens with zero attached hydrogens (tertiary/aromatic N) is 3. The van der Waals surface area contributed by atoms with Crippen LogP contribution in [0.5, 0.6) is 5.75 Å². The lowest BCUT2D eigenvalue weighted by molar-refractivity contribution is 0.402. The first-order chi connectivity index (χ1) is 11.7. The van der Waals surface area contributed by atoms with Gasteiger partial charge in [-0.2, -0.15) is 4.98 Å².